The predicted octanol–water partition coefficient (Wildman–Crippen LogP) is 1.45. The minimum absolute atomic E-state index is 0.101. The molecule has 1 fully saturated rings. The van der Waals surface area contributed by atoms with Crippen LogP contribution in [0.3, 0.4) is 0 Å². The minimum atomic E-state index is 0.101. The third-order valence-electron chi connectivity index (χ3n) is 3.36. The van der Waals surface area contributed by atoms with Crippen LogP contribution in [-0.4, -0.2) is 29.6 Å². The largest absolute Gasteiger partial charge is 0.323 e. The number of hydrogen-bond acceptors (Lipinski definition) is 2. The van der Waals surface area contributed by atoms with Crippen LogP contribution in [0.1, 0.15) is 34.1 Å². The first-order chi connectivity index (χ1) is 5.49. The number of nitrogens with zero attached hydrogens (tertiary/aromatic N) is 1. The van der Waals surface area contributed by atoms with E-state index < -0.39 is 0 Å². The normalized spacial score (nSPS) is 25.5. The zero-order valence-corrected chi connectivity index (χ0v) is 8.80. The molecule has 72 valence electrons. The Bertz CT molecular complexity index is 148. The first-order valence-electron chi connectivity index (χ1n) is 5.02. The summed E-state index contributed by atoms with van der Waals surface area (Å²) in [6.07, 6.45) is 1.23. The monoisotopic (exact) mass is 170 g/mol. The van der Waals surface area contributed by atoms with Gasteiger partial charge in [0.25, 0.3) is 0 Å². The quantitative estimate of drug-likeness (QED) is 0.694. The van der Waals surface area contributed by atoms with Gasteiger partial charge in [0, 0.05) is 24.7 Å². The second kappa shape index (κ2) is 3.35. The van der Waals surface area contributed by atoms with Crippen LogP contribution >= 0.6 is 0 Å². The highest BCUT2D eigenvalue weighted by atomic mass is 15.3. The molecule has 0 aromatic carbocycles. The number of nitrogens with two attached hydrogens (primary N) is 1. The van der Waals surface area contributed by atoms with E-state index in [0.717, 1.165) is 13.1 Å². The summed E-state index contributed by atoms with van der Waals surface area (Å²) in [6, 6.07) is 0.709. The number of likely N-dealkylation sites (tertiary alicyclic amines) is 1. The van der Waals surface area contributed by atoms with E-state index in [1.54, 1.807) is 0 Å². The van der Waals surface area contributed by atoms with Crippen molar-refractivity contribution in [1.82, 2.24) is 4.90 Å². The van der Waals surface area contributed by atoms with Crippen LogP contribution in [0, 0.1) is 5.92 Å². The van der Waals surface area contributed by atoms with E-state index in [0.29, 0.717) is 12.0 Å². The van der Waals surface area contributed by atoms with E-state index in [9.17, 15) is 0 Å². The van der Waals surface area contributed by atoms with Gasteiger partial charge in [-0.2, -0.15) is 0 Å². The fourth-order valence-corrected chi connectivity index (χ4v) is 1.64. The molecule has 12 heavy (non-hydrogen) atoms. The summed E-state index contributed by atoms with van der Waals surface area (Å²) in [7, 11) is 0. The van der Waals surface area contributed by atoms with Gasteiger partial charge in [-0.05, 0) is 19.3 Å². The van der Waals surface area contributed by atoms with Crippen LogP contribution < -0.4 is 5.73 Å². The Morgan fingerprint density at radius 3 is 2.17 bits per heavy atom. The molecule has 1 aliphatic heterocycles. The SMILES string of the molecule is CCC(C)N1CC(N)(C(C)C)C1. The van der Waals surface area contributed by atoms with Crippen LogP contribution in [0.5, 0.6) is 0 Å². The molecule has 1 unspecified atom stereocenters. The molecule has 0 spiro atoms. The molecule has 1 saturated heterocycles. The molecule has 0 aromatic rings. The van der Waals surface area contributed by atoms with Crippen molar-refractivity contribution in [2.24, 2.45) is 11.7 Å². The first-order valence-corrected chi connectivity index (χ1v) is 5.02. The van der Waals surface area contributed by atoms with Gasteiger partial charge in [0.05, 0.1) is 0 Å². The summed E-state index contributed by atoms with van der Waals surface area (Å²) >= 11 is 0. The summed E-state index contributed by atoms with van der Waals surface area (Å²) in [5.74, 6) is 0.609. The zero-order chi connectivity index (χ0) is 9.35. The molecule has 0 radical (unpaired) electrons. The summed E-state index contributed by atoms with van der Waals surface area (Å²) in [6.45, 7) is 11.1. The maximum atomic E-state index is 6.19. The summed E-state index contributed by atoms with van der Waals surface area (Å²) in [5, 5.41) is 0. The van der Waals surface area contributed by atoms with Gasteiger partial charge in [0.2, 0.25) is 0 Å². The van der Waals surface area contributed by atoms with E-state index in [1.807, 2.05) is 0 Å². The van der Waals surface area contributed by atoms with Gasteiger partial charge in [-0.25, -0.2) is 0 Å². The third-order valence-corrected chi connectivity index (χ3v) is 3.36. The Hall–Kier alpha value is -0.0800. The van der Waals surface area contributed by atoms with Crippen molar-refractivity contribution >= 4 is 0 Å². The number of hydrogen-bond donors (Lipinski definition) is 1. The molecule has 0 aromatic heterocycles. The molecule has 0 aliphatic carbocycles. The van der Waals surface area contributed by atoms with E-state index in [-0.39, 0.29) is 5.54 Å². The Kier molecular flexibility index (Phi) is 2.79. The Balaban J connectivity index is 2.36. The summed E-state index contributed by atoms with van der Waals surface area (Å²) in [4.78, 5) is 2.47. The van der Waals surface area contributed by atoms with Gasteiger partial charge in [0.15, 0.2) is 0 Å². The molecular weight excluding hydrogens is 148 g/mol. The standard InChI is InChI=1S/C10H22N2/c1-5-9(4)12-6-10(11,7-12)8(2)3/h8-9H,5-7,11H2,1-4H3. The fraction of sp³-hybridized carbons (Fsp3) is 1.00. The molecule has 2 nitrogen and oxygen atoms in total. The van der Waals surface area contributed by atoms with E-state index in [2.05, 4.69) is 32.6 Å². The van der Waals surface area contributed by atoms with E-state index in [1.165, 1.54) is 6.42 Å². The Morgan fingerprint density at radius 2 is 1.83 bits per heavy atom. The van der Waals surface area contributed by atoms with Crippen molar-refractivity contribution in [2.75, 3.05) is 13.1 Å². The summed E-state index contributed by atoms with van der Waals surface area (Å²) in [5.41, 5.74) is 6.29. The first kappa shape index (κ1) is 10.0. The smallest absolute Gasteiger partial charge is 0.0435 e. The number of rotatable bonds is 3. The van der Waals surface area contributed by atoms with Crippen molar-refractivity contribution in [3.63, 3.8) is 0 Å². The average molecular weight is 170 g/mol. The maximum Gasteiger partial charge on any atom is 0.0435 e. The zero-order valence-electron chi connectivity index (χ0n) is 8.80. The lowest BCUT2D eigenvalue weighted by atomic mass is 9.79. The molecule has 1 aliphatic rings. The molecule has 0 bridgehead atoms. The minimum Gasteiger partial charge on any atom is -0.323 e. The summed E-state index contributed by atoms with van der Waals surface area (Å²) < 4.78 is 0. The molecule has 1 atom stereocenters. The van der Waals surface area contributed by atoms with Crippen molar-refractivity contribution in [3.05, 3.63) is 0 Å². The highest BCUT2D eigenvalue weighted by molar-refractivity contribution is 5.03. The highest BCUT2D eigenvalue weighted by Gasteiger charge is 2.42. The molecule has 1 heterocycles. The second-order valence-corrected chi connectivity index (χ2v) is 4.55. The third kappa shape index (κ3) is 1.64. The van der Waals surface area contributed by atoms with E-state index >= 15 is 0 Å². The molecule has 0 saturated carbocycles. The lowest BCUT2D eigenvalue weighted by Crippen LogP contribution is -2.71. The maximum absolute atomic E-state index is 6.19. The second-order valence-electron chi connectivity index (χ2n) is 4.55. The molecular formula is C10H22N2. The topological polar surface area (TPSA) is 29.3 Å². The fourth-order valence-electron chi connectivity index (χ4n) is 1.64. The van der Waals surface area contributed by atoms with Gasteiger partial charge in [0.1, 0.15) is 0 Å². The van der Waals surface area contributed by atoms with Gasteiger partial charge < -0.3 is 5.73 Å². The van der Waals surface area contributed by atoms with Crippen LogP contribution in [0.2, 0.25) is 0 Å². The predicted molar refractivity (Wildman–Crippen MR) is 53.1 cm³/mol. The van der Waals surface area contributed by atoms with Crippen LogP contribution in [0.4, 0.5) is 0 Å². The average Bonchev–Trinajstić information content (AvgIpc) is 1.96. The molecule has 2 heteroatoms. The Morgan fingerprint density at radius 1 is 1.33 bits per heavy atom. The van der Waals surface area contributed by atoms with Crippen molar-refractivity contribution < 1.29 is 0 Å². The van der Waals surface area contributed by atoms with Crippen LogP contribution in [0.15, 0.2) is 0 Å². The molecule has 1 rings (SSSR count). The van der Waals surface area contributed by atoms with E-state index in [4.69, 9.17) is 5.73 Å². The van der Waals surface area contributed by atoms with Crippen LogP contribution in [-0.2, 0) is 0 Å². The molecule has 2 N–H and O–H groups in total. The lowest BCUT2D eigenvalue weighted by Gasteiger charge is -2.52. The van der Waals surface area contributed by atoms with Gasteiger partial charge in [-0.1, -0.05) is 20.8 Å². The van der Waals surface area contributed by atoms with Gasteiger partial charge in [-0.15, -0.1) is 0 Å². The van der Waals surface area contributed by atoms with Crippen molar-refractivity contribution in [1.29, 1.82) is 0 Å². The van der Waals surface area contributed by atoms with Crippen molar-refractivity contribution in [2.45, 2.75) is 45.7 Å². The van der Waals surface area contributed by atoms with Gasteiger partial charge >= 0.3 is 0 Å². The Labute approximate surface area is 76.1 Å². The molecule has 0 amide bonds. The van der Waals surface area contributed by atoms with Gasteiger partial charge in [-0.3, -0.25) is 4.90 Å². The lowest BCUT2D eigenvalue weighted by molar-refractivity contribution is 0.00709. The van der Waals surface area contributed by atoms with Crippen LogP contribution in [0.25, 0.3) is 0 Å². The van der Waals surface area contributed by atoms with Crippen molar-refractivity contribution in [3.8, 4) is 0 Å². The highest BCUT2D eigenvalue weighted by Crippen LogP contribution is 2.28.